The maximum Gasteiger partial charge on any atom is 0.586 e. The van der Waals surface area contributed by atoms with Crippen molar-refractivity contribution in [1.29, 1.82) is 0 Å². The van der Waals surface area contributed by atoms with Crippen molar-refractivity contribution < 1.29 is 39.8 Å². The van der Waals surface area contributed by atoms with E-state index < -0.39 is 46.7 Å². The fourth-order valence-corrected chi connectivity index (χ4v) is 6.66. The van der Waals surface area contributed by atoms with Crippen molar-refractivity contribution in [2.45, 2.75) is 50.2 Å². The molecular formula is C20H19F5N4O4S. The first kappa shape index (κ1) is 21.9. The van der Waals surface area contributed by atoms with Gasteiger partial charge in [-0.25, -0.2) is 13.4 Å². The monoisotopic (exact) mass is 506 g/mol. The van der Waals surface area contributed by atoms with E-state index >= 15 is 0 Å². The third-order valence-corrected chi connectivity index (χ3v) is 8.91. The van der Waals surface area contributed by atoms with Crippen LogP contribution < -0.4 is 14.4 Å². The first-order valence-electron chi connectivity index (χ1n) is 10.6. The molecule has 2 aromatic rings. The lowest BCUT2D eigenvalue weighted by atomic mass is 9.41. The second kappa shape index (κ2) is 6.74. The molecule has 0 unspecified atom stereocenters. The number of sulfonamides is 1. The van der Waals surface area contributed by atoms with Crippen LogP contribution in [0.3, 0.4) is 0 Å². The van der Waals surface area contributed by atoms with Gasteiger partial charge in [-0.1, -0.05) is 0 Å². The Hall–Kier alpha value is -2.61. The lowest BCUT2D eigenvalue weighted by Gasteiger charge is -2.67. The SMILES string of the molecule is O=S(=O)(N1Cc2c(ccc3c2OC(F)(F)O3)N(Cc2cnc[nH]2)[C@H](C23CC(C2)C3)C1)C(F)(F)F. The molecule has 34 heavy (non-hydrogen) atoms. The Kier molecular flexibility index (Phi) is 4.34. The Morgan fingerprint density at radius 3 is 2.50 bits per heavy atom. The van der Waals surface area contributed by atoms with Crippen molar-refractivity contribution in [3.05, 3.63) is 35.9 Å². The lowest BCUT2D eigenvalue weighted by Crippen LogP contribution is -2.66. The number of halogens is 5. The number of aromatic nitrogens is 2. The number of anilines is 1. The quantitative estimate of drug-likeness (QED) is 0.639. The van der Waals surface area contributed by atoms with E-state index in [-0.39, 0.29) is 23.3 Å². The van der Waals surface area contributed by atoms with Gasteiger partial charge in [-0.15, -0.1) is 8.78 Å². The van der Waals surface area contributed by atoms with Gasteiger partial charge < -0.3 is 19.4 Å². The Bertz CT molecular complexity index is 1230. The number of rotatable bonds is 4. The summed E-state index contributed by atoms with van der Waals surface area (Å²) in [5.74, 6) is -0.351. The fraction of sp³-hybridized carbons (Fsp3) is 0.550. The second-order valence-corrected chi connectivity index (χ2v) is 11.3. The number of hydrogen-bond donors (Lipinski definition) is 1. The summed E-state index contributed by atoms with van der Waals surface area (Å²) in [6.45, 7) is -1.06. The van der Waals surface area contributed by atoms with E-state index in [4.69, 9.17) is 0 Å². The maximum atomic E-state index is 13.9. The molecule has 0 radical (unpaired) electrons. The minimum absolute atomic E-state index is 0.101. The molecule has 8 nitrogen and oxygen atoms in total. The molecule has 3 heterocycles. The highest BCUT2D eigenvalue weighted by atomic mass is 32.2. The zero-order valence-electron chi connectivity index (χ0n) is 17.5. The van der Waals surface area contributed by atoms with E-state index in [0.29, 0.717) is 21.6 Å². The average molecular weight is 506 g/mol. The van der Waals surface area contributed by atoms with E-state index in [1.165, 1.54) is 18.5 Å². The summed E-state index contributed by atoms with van der Waals surface area (Å²) in [5.41, 5.74) is -5.04. The van der Waals surface area contributed by atoms with Gasteiger partial charge >= 0.3 is 21.8 Å². The van der Waals surface area contributed by atoms with Gasteiger partial charge in [-0.3, -0.25) is 0 Å². The highest BCUT2D eigenvalue weighted by Crippen LogP contribution is 2.68. The Morgan fingerprint density at radius 2 is 1.91 bits per heavy atom. The predicted octanol–water partition coefficient (Wildman–Crippen LogP) is 3.57. The molecule has 5 aliphatic rings. The molecule has 1 aromatic carbocycles. The summed E-state index contributed by atoms with van der Waals surface area (Å²) in [6, 6.07) is 2.12. The van der Waals surface area contributed by atoms with Crippen LogP contribution in [0, 0.1) is 11.3 Å². The van der Waals surface area contributed by atoms with Crippen LogP contribution in [0.1, 0.15) is 30.5 Å². The van der Waals surface area contributed by atoms with Gasteiger partial charge in [0.15, 0.2) is 11.5 Å². The van der Waals surface area contributed by atoms with Crippen LogP contribution in [-0.4, -0.2) is 47.1 Å². The summed E-state index contributed by atoms with van der Waals surface area (Å²) >= 11 is 0. The normalized spacial score (nSPS) is 29.7. The zero-order chi connectivity index (χ0) is 24.1. The summed E-state index contributed by atoms with van der Waals surface area (Å²) in [6.07, 6.45) is 1.30. The molecule has 3 fully saturated rings. The van der Waals surface area contributed by atoms with Crippen LogP contribution in [-0.2, 0) is 23.1 Å². The summed E-state index contributed by atoms with van der Waals surface area (Å²) in [4.78, 5) is 8.72. The number of ether oxygens (including phenoxy) is 2. The third kappa shape index (κ3) is 3.10. The molecule has 3 aliphatic carbocycles. The average Bonchev–Trinajstić information content (AvgIpc) is 3.23. The zero-order valence-corrected chi connectivity index (χ0v) is 18.3. The summed E-state index contributed by atoms with van der Waals surface area (Å²) < 4.78 is 103. The molecule has 14 heteroatoms. The first-order valence-corrected chi connectivity index (χ1v) is 12.0. The molecule has 184 valence electrons. The van der Waals surface area contributed by atoms with Gasteiger partial charge in [0.2, 0.25) is 0 Å². The molecule has 1 N–H and O–H groups in total. The molecule has 0 saturated heterocycles. The van der Waals surface area contributed by atoms with E-state index in [1.807, 2.05) is 0 Å². The second-order valence-electron chi connectivity index (χ2n) is 9.36. The van der Waals surface area contributed by atoms with Crippen molar-refractivity contribution >= 4 is 15.7 Å². The van der Waals surface area contributed by atoms with E-state index in [0.717, 1.165) is 19.3 Å². The van der Waals surface area contributed by atoms with Crippen molar-refractivity contribution in [1.82, 2.24) is 14.3 Å². The van der Waals surface area contributed by atoms with Crippen molar-refractivity contribution in [2.24, 2.45) is 11.3 Å². The summed E-state index contributed by atoms with van der Waals surface area (Å²) in [5, 5.41) is 0. The van der Waals surface area contributed by atoms with Gasteiger partial charge in [-0.05, 0) is 42.7 Å². The van der Waals surface area contributed by atoms with E-state index in [2.05, 4.69) is 19.4 Å². The molecule has 3 saturated carbocycles. The lowest BCUT2D eigenvalue weighted by molar-refractivity contribution is -0.287. The molecule has 7 rings (SSSR count). The smallest absolute Gasteiger partial charge is 0.395 e. The highest BCUT2D eigenvalue weighted by molar-refractivity contribution is 7.89. The maximum absolute atomic E-state index is 13.9. The number of alkyl halides is 5. The molecule has 1 aromatic heterocycles. The van der Waals surface area contributed by atoms with Crippen molar-refractivity contribution in [2.75, 3.05) is 11.4 Å². The van der Waals surface area contributed by atoms with Gasteiger partial charge in [-0.2, -0.15) is 17.5 Å². The van der Waals surface area contributed by atoms with E-state index in [1.54, 1.807) is 11.1 Å². The number of imidazole rings is 1. The number of nitrogens with zero attached hydrogens (tertiary/aromatic N) is 3. The molecular weight excluding hydrogens is 487 g/mol. The number of hydrogen-bond acceptors (Lipinski definition) is 6. The molecule has 2 bridgehead atoms. The molecule has 0 spiro atoms. The van der Waals surface area contributed by atoms with Crippen molar-refractivity contribution in [3.8, 4) is 11.5 Å². The van der Waals surface area contributed by atoms with Crippen LogP contribution in [0.4, 0.5) is 27.6 Å². The van der Waals surface area contributed by atoms with E-state index in [9.17, 15) is 30.4 Å². The van der Waals surface area contributed by atoms with Crippen LogP contribution in [0.5, 0.6) is 11.5 Å². The van der Waals surface area contributed by atoms with Crippen LogP contribution >= 0.6 is 0 Å². The van der Waals surface area contributed by atoms with Crippen LogP contribution in [0.25, 0.3) is 0 Å². The van der Waals surface area contributed by atoms with Gasteiger partial charge in [0.25, 0.3) is 0 Å². The first-order chi connectivity index (χ1) is 15.9. The number of fused-ring (bicyclic) bond motifs is 3. The predicted molar refractivity (Wildman–Crippen MR) is 106 cm³/mol. The number of benzene rings is 1. The Balaban J connectivity index is 1.52. The molecule has 0 amide bonds. The largest absolute Gasteiger partial charge is 0.586 e. The summed E-state index contributed by atoms with van der Waals surface area (Å²) in [7, 11) is -5.75. The molecule has 2 aliphatic heterocycles. The number of nitrogens with one attached hydrogen (secondary N) is 1. The fourth-order valence-electron chi connectivity index (χ4n) is 5.74. The Morgan fingerprint density at radius 1 is 1.18 bits per heavy atom. The van der Waals surface area contributed by atoms with Gasteiger partial charge in [0.05, 0.1) is 18.6 Å². The Labute approximate surface area is 190 Å². The highest BCUT2D eigenvalue weighted by Gasteiger charge is 2.64. The number of H-pyrrole nitrogens is 1. The third-order valence-electron chi connectivity index (χ3n) is 7.37. The van der Waals surface area contributed by atoms with Crippen molar-refractivity contribution in [3.63, 3.8) is 0 Å². The standard InChI is InChI=1S/C20H19F5N4O4S/c21-19(22,23)34(30,31)28-8-13-14(1-2-15-17(13)33-20(24,25)32-15)29(7-12-6-26-10-27-12)16(9-28)18-3-11(4-18)5-18/h1-2,6,10-11,16H,3-5,7-9H2,(H,26,27)/t11?,16-,18?/m0/s1. The number of aromatic amines is 1. The topological polar surface area (TPSA) is 87.8 Å². The van der Waals surface area contributed by atoms with Gasteiger partial charge in [0, 0.05) is 36.6 Å². The minimum Gasteiger partial charge on any atom is -0.395 e. The van der Waals surface area contributed by atoms with Crippen LogP contribution in [0.2, 0.25) is 0 Å². The molecule has 1 atom stereocenters. The van der Waals surface area contributed by atoms with Crippen LogP contribution in [0.15, 0.2) is 24.7 Å². The van der Waals surface area contributed by atoms with Gasteiger partial charge in [0.1, 0.15) is 0 Å². The minimum atomic E-state index is -5.75.